The average molecular weight is 208 g/mol. The minimum Gasteiger partial charge on any atom is -0.322 e. The molecule has 0 aliphatic heterocycles. The van der Waals surface area contributed by atoms with Crippen molar-refractivity contribution in [1.29, 1.82) is 0 Å². The lowest BCUT2D eigenvalue weighted by Crippen LogP contribution is -2.29. The van der Waals surface area contributed by atoms with Gasteiger partial charge in [0.05, 0.1) is 18.4 Å². The summed E-state index contributed by atoms with van der Waals surface area (Å²) in [5.74, 6) is -0.00227. The molecule has 15 heavy (non-hydrogen) atoms. The van der Waals surface area contributed by atoms with Gasteiger partial charge in [0, 0.05) is 18.8 Å². The van der Waals surface area contributed by atoms with Crippen LogP contribution in [0.2, 0.25) is 0 Å². The number of aromatic nitrogens is 2. The molecule has 1 heterocycles. The van der Waals surface area contributed by atoms with E-state index < -0.39 is 0 Å². The molecule has 1 aliphatic rings. The second-order valence-corrected chi connectivity index (χ2v) is 3.79. The highest BCUT2D eigenvalue weighted by molar-refractivity contribution is 5.91. The van der Waals surface area contributed by atoms with Gasteiger partial charge in [0.1, 0.15) is 0 Å². The fraction of sp³-hybridized carbons (Fsp3) is 0.600. The Morgan fingerprint density at radius 3 is 3.07 bits per heavy atom. The van der Waals surface area contributed by atoms with E-state index in [9.17, 15) is 4.79 Å². The molecule has 5 heteroatoms. The zero-order valence-corrected chi connectivity index (χ0v) is 8.86. The molecule has 1 saturated carbocycles. The Morgan fingerprint density at radius 2 is 2.47 bits per heavy atom. The van der Waals surface area contributed by atoms with Crippen molar-refractivity contribution in [3.05, 3.63) is 12.4 Å². The van der Waals surface area contributed by atoms with Gasteiger partial charge in [0.15, 0.2) is 0 Å². The fourth-order valence-corrected chi connectivity index (χ4v) is 1.33. The Labute approximate surface area is 88.8 Å². The third-order valence-corrected chi connectivity index (χ3v) is 2.37. The molecular weight excluding hydrogens is 192 g/mol. The van der Waals surface area contributed by atoms with E-state index in [-0.39, 0.29) is 5.91 Å². The number of aryl methyl sites for hydroxylation is 1. The fourth-order valence-electron chi connectivity index (χ4n) is 1.33. The van der Waals surface area contributed by atoms with Gasteiger partial charge in [-0.1, -0.05) is 0 Å². The van der Waals surface area contributed by atoms with E-state index in [0.29, 0.717) is 12.6 Å². The molecule has 0 unspecified atom stereocenters. The van der Waals surface area contributed by atoms with Gasteiger partial charge < -0.3 is 10.6 Å². The molecular formula is C10H16N4O. The standard InChI is InChI=1S/C10H16N4O/c1-2-14-7-9(5-12-14)13-10(15)6-11-8-3-4-8/h5,7-8,11H,2-4,6H2,1H3,(H,13,15). The van der Waals surface area contributed by atoms with Crippen LogP contribution in [0.3, 0.4) is 0 Å². The number of anilines is 1. The molecule has 0 atom stereocenters. The van der Waals surface area contributed by atoms with Crippen molar-refractivity contribution in [2.75, 3.05) is 11.9 Å². The lowest BCUT2D eigenvalue weighted by molar-refractivity contribution is -0.115. The number of carbonyl (C=O) groups is 1. The number of hydrogen-bond acceptors (Lipinski definition) is 3. The SMILES string of the molecule is CCn1cc(NC(=O)CNC2CC2)cn1. The lowest BCUT2D eigenvalue weighted by atomic mass is 10.5. The van der Waals surface area contributed by atoms with Crippen LogP contribution in [0.5, 0.6) is 0 Å². The monoisotopic (exact) mass is 208 g/mol. The van der Waals surface area contributed by atoms with Crippen molar-refractivity contribution in [2.24, 2.45) is 0 Å². The minimum absolute atomic E-state index is 0.00227. The van der Waals surface area contributed by atoms with Gasteiger partial charge in [-0.25, -0.2) is 0 Å². The molecule has 1 amide bonds. The van der Waals surface area contributed by atoms with Crippen molar-refractivity contribution in [3.63, 3.8) is 0 Å². The Morgan fingerprint density at radius 1 is 1.67 bits per heavy atom. The molecule has 0 saturated heterocycles. The molecule has 2 N–H and O–H groups in total. The highest BCUT2D eigenvalue weighted by atomic mass is 16.1. The van der Waals surface area contributed by atoms with Crippen LogP contribution >= 0.6 is 0 Å². The van der Waals surface area contributed by atoms with Crippen molar-refractivity contribution in [3.8, 4) is 0 Å². The van der Waals surface area contributed by atoms with E-state index in [2.05, 4.69) is 15.7 Å². The van der Waals surface area contributed by atoms with Crippen LogP contribution in [0.1, 0.15) is 19.8 Å². The Kier molecular flexibility index (Phi) is 3.01. The van der Waals surface area contributed by atoms with Crippen molar-refractivity contribution >= 4 is 11.6 Å². The smallest absolute Gasteiger partial charge is 0.238 e. The van der Waals surface area contributed by atoms with Crippen LogP contribution in [0.4, 0.5) is 5.69 Å². The maximum Gasteiger partial charge on any atom is 0.238 e. The second-order valence-electron chi connectivity index (χ2n) is 3.79. The number of amides is 1. The van der Waals surface area contributed by atoms with E-state index in [0.717, 1.165) is 12.2 Å². The summed E-state index contributed by atoms with van der Waals surface area (Å²) in [6, 6.07) is 0.564. The number of rotatable bonds is 5. The van der Waals surface area contributed by atoms with Gasteiger partial charge in [0.2, 0.25) is 5.91 Å². The lowest BCUT2D eigenvalue weighted by Gasteiger charge is -2.02. The van der Waals surface area contributed by atoms with Crippen LogP contribution in [-0.2, 0) is 11.3 Å². The summed E-state index contributed by atoms with van der Waals surface area (Å²) in [5.41, 5.74) is 0.763. The summed E-state index contributed by atoms with van der Waals surface area (Å²) in [4.78, 5) is 11.4. The van der Waals surface area contributed by atoms with Gasteiger partial charge in [0.25, 0.3) is 0 Å². The average Bonchev–Trinajstić information content (AvgIpc) is 2.96. The molecule has 0 bridgehead atoms. The van der Waals surface area contributed by atoms with Crippen molar-refractivity contribution in [1.82, 2.24) is 15.1 Å². The van der Waals surface area contributed by atoms with Crippen LogP contribution < -0.4 is 10.6 Å². The Balaban J connectivity index is 1.76. The van der Waals surface area contributed by atoms with Crippen LogP contribution in [0.25, 0.3) is 0 Å². The highest BCUT2D eigenvalue weighted by Crippen LogP contribution is 2.18. The van der Waals surface area contributed by atoms with Crippen LogP contribution in [-0.4, -0.2) is 28.3 Å². The molecule has 1 fully saturated rings. The maximum absolute atomic E-state index is 11.4. The summed E-state index contributed by atoms with van der Waals surface area (Å²) in [5, 5.41) is 10.0. The first kappa shape index (κ1) is 10.2. The predicted molar refractivity (Wildman–Crippen MR) is 57.6 cm³/mol. The first-order valence-corrected chi connectivity index (χ1v) is 5.33. The summed E-state index contributed by atoms with van der Waals surface area (Å²) < 4.78 is 1.78. The van der Waals surface area contributed by atoms with Gasteiger partial charge >= 0.3 is 0 Å². The normalized spacial score (nSPS) is 15.3. The summed E-state index contributed by atoms with van der Waals surface area (Å²) in [6.07, 6.45) is 5.88. The number of nitrogens with zero attached hydrogens (tertiary/aromatic N) is 2. The van der Waals surface area contributed by atoms with Gasteiger partial charge in [-0.3, -0.25) is 9.48 Å². The minimum atomic E-state index is -0.00227. The first-order valence-electron chi connectivity index (χ1n) is 5.33. The molecule has 0 aromatic carbocycles. The quantitative estimate of drug-likeness (QED) is 0.744. The maximum atomic E-state index is 11.4. The first-order chi connectivity index (χ1) is 7.28. The van der Waals surface area contributed by atoms with E-state index >= 15 is 0 Å². The number of carbonyl (C=O) groups excluding carboxylic acids is 1. The molecule has 1 aromatic heterocycles. The van der Waals surface area contributed by atoms with Gasteiger partial charge in [-0.2, -0.15) is 5.10 Å². The van der Waals surface area contributed by atoms with Crippen LogP contribution in [0.15, 0.2) is 12.4 Å². The van der Waals surface area contributed by atoms with E-state index in [1.165, 1.54) is 12.8 Å². The van der Waals surface area contributed by atoms with Gasteiger partial charge in [-0.05, 0) is 19.8 Å². The highest BCUT2D eigenvalue weighted by Gasteiger charge is 2.21. The number of nitrogens with one attached hydrogen (secondary N) is 2. The molecule has 1 aromatic rings. The zero-order chi connectivity index (χ0) is 10.7. The van der Waals surface area contributed by atoms with Crippen LogP contribution in [0, 0.1) is 0 Å². The predicted octanol–water partition coefficient (Wildman–Crippen LogP) is 0.593. The third-order valence-electron chi connectivity index (χ3n) is 2.37. The summed E-state index contributed by atoms with van der Waals surface area (Å²) >= 11 is 0. The molecule has 5 nitrogen and oxygen atoms in total. The second kappa shape index (κ2) is 4.44. The molecule has 1 aliphatic carbocycles. The third kappa shape index (κ3) is 3.06. The van der Waals surface area contributed by atoms with Crippen molar-refractivity contribution < 1.29 is 4.79 Å². The zero-order valence-electron chi connectivity index (χ0n) is 8.86. The van der Waals surface area contributed by atoms with Crippen molar-refractivity contribution in [2.45, 2.75) is 32.4 Å². The molecule has 2 rings (SSSR count). The molecule has 82 valence electrons. The Hall–Kier alpha value is -1.36. The molecule has 0 spiro atoms. The van der Waals surface area contributed by atoms with E-state index in [1.54, 1.807) is 10.9 Å². The summed E-state index contributed by atoms with van der Waals surface area (Å²) in [6.45, 7) is 3.21. The Bertz CT molecular complexity index is 343. The number of hydrogen-bond donors (Lipinski definition) is 2. The van der Waals surface area contributed by atoms with E-state index in [1.807, 2.05) is 13.1 Å². The van der Waals surface area contributed by atoms with E-state index in [4.69, 9.17) is 0 Å². The van der Waals surface area contributed by atoms with Gasteiger partial charge in [-0.15, -0.1) is 0 Å². The largest absolute Gasteiger partial charge is 0.322 e. The molecule has 0 radical (unpaired) electrons. The summed E-state index contributed by atoms with van der Waals surface area (Å²) in [7, 11) is 0. The topological polar surface area (TPSA) is 59.0 Å².